The van der Waals surface area contributed by atoms with Crippen LogP contribution in [0.1, 0.15) is 0 Å². The molecule has 1 aromatic carbocycles. The third kappa shape index (κ3) is 0.769. The number of hydrogen-bond donors (Lipinski definition) is 1. The molecular weight excluding hydrogens is 150 g/mol. The van der Waals surface area contributed by atoms with Gasteiger partial charge in [0.05, 0.1) is 5.69 Å². The number of para-hydroxylation sites is 2. The molecule has 3 nitrogen and oxygen atoms in total. The molecule has 1 aromatic rings. The van der Waals surface area contributed by atoms with Gasteiger partial charge >= 0.3 is 11.3 Å². The third-order valence-electron chi connectivity index (χ3n) is 1.25. The summed E-state index contributed by atoms with van der Waals surface area (Å²) < 4.78 is 18.2. The topological polar surface area (TPSA) is 38.3 Å². The van der Waals surface area contributed by atoms with Crippen molar-refractivity contribution in [1.29, 1.82) is 0 Å². The average molecular weight is 155 g/mol. The van der Waals surface area contributed by atoms with Crippen LogP contribution in [0, 0.1) is 0 Å². The molecule has 0 amide bonds. The molecule has 1 N–H and O–H groups in total. The van der Waals surface area contributed by atoms with E-state index in [1.807, 2.05) is 18.2 Å². The Morgan fingerprint density at radius 3 is 3.00 bits per heavy atom. The van der Waals surface area contributed by atoms with Crippen molar-refractivity contribution in [3.05, 3.63) is 24.3 Å². The van der Waals surface area contributed by atoms with E-state index < -0.39 is 11.3 Å². The first-order chi connectivity index (χ1) is 4.86. The smallest absolute Gasteiger partial charge is 0.316 e. The molecule has 1 heterocycles. The monoisotopic (exact) mass is 155 g/mol. The van der Waals surface area contributed by atoms with Crippen molar-refractivity contribution in [3.63, 3.8) is 0 Å². The number of anilines is 1. The number of benzene rings is 1. The number of hydrogen-bond acceptors (Lipinski definition) is 2. The fourth-order valence-corrected chi connectivity index (χ4v) is 1.51. The lowest BCUT2D eigenvalue weighted by atomic mass is 10.3. The lowest BCUT2D eigenvalue weighted by molar-refractivity contribution is 0.580. The van der Waals surface area contributed by atoms with Crippen LogP contribution in [0.3, 0.4) is 0 Å². The fourth-order valence-electron chi connectivity index (χ4n) is 0.816. The number of nitrogens with one attached hydrogen (secondary N) is 1. The molecule has 0 spiro atoms. The van der Waals surface area contributed by atoms with Crippen molar-refractivity contribution in [3.8, 4) is 5.75 Å². The highest BCUT2D eigenvalue weighted by Crippen LogP contribution is 2.29. The van der Waals surface area contributed by atoms with E-state index in [1.165, 1.54) is 0 Å². The molecule has 1 unspecified atom stereocenters. The van der Waals surface area contributed by atoms with Crippen LogP contribution in [-0.2, 0) is 11.3 Å². The molecule has 0 bridgehead atoms. The zero-order chi connectivity index (χ0) is 6.97. The van der Waals surface area contributed by atoms with Gasteiger partial charge in [0.1, 0.15) is 0 Å². The first-order valence-corrected chi connectivity index (χ1v) is 3.89. The lowest BCUT2D eigenvalue weighted by Gasteiger charge is -1.89. The standard InChI is InChI=1S/C6H5NO2S/c8-10-7-5-3-1-2-4-6(5)9-10/h1-4,7H. The van der Waals surface area contributed by atoms with Gasteiger partial charge in [0.25, 0.3) is 0 Å². The van der Waals surface area contributed by atoms with Gasteiger partial charge in [0.2, 0.25) is 0 Å². The predicted octanol–water partition coefficient (Wildman–Crippen LogP) is 1.07. The molecule has 2 rings (SSSR count). The van der Waals surface area contributed by atoms with Crippen LogP contribution in [-0.4, -0.2) is 4.21 Å². The van der Waals surface area contributed by atoms with E-state index in [-0.39, 0.29) is 0 Å². The quantitative estimate of drug-likeness (QED) is 0.608. The van der Waals surface area contributed by atoms with E-state index in [4.69, 9.17) is 4.18 Å². The van der Waals surface area contributed by atoms with E-state index >= 15 is 0 Å². The summed E-state index contributed by atoms with van der Waals surface area (Å²) in [5.41, 5.74) is 0.792. The summed E-state index contributed by atoms with van der Waals surface area (Å²) in [6.45, 7) is 0. The predicted molar refractivity (Wildman–Crippen MR) is 38.8 cm³/mol. The van der Waals surface area contributed by atoms with Crippen molar-refractivity contribution in [1.82, 2.24) is 0 Å². The maximum Gasteiger partial charge on any atom is 0.316 e. The van der Waals surface area contributed by atoms with Gasteiger partial charge in [-0.1, -0.05) is 12.1 Å². The molecule has 1 atom stereocenters. The van der Waals surface area contributed by atoms with Gasteiger partial charge in [-0.2, -0.15) is 4.21 Å². The first-order valence-electron chi connectivity index (χ1n) is 2.82. The zero-order valence-corrected chi connectivity index (χ0v) is 5.85. The maximum absolute atomic E-state index is 10.7. The second-order valence-electron chi connectivity index (χ2n) is 1.92. The minimum absolute atomic E-state index is 0.654. The van der Waals surface area contributed by atoms with Crippen molar-refractivity contribution >= 4 is 17.0 Å². The zero-order valence-electron chi connectivity index (χ0n) is 5.03. The van der Waals surface area contributed by atoms with Crippen LogP contribution >= 0.6 is 0 Å². The fraction of sp³-hybridized carbons (Fsp3) is 0. The average Bonchev–Trinajstić information content (AvgIpc) is 2.27. The van der Waals surface area contributed by atoms with Crippen LogP contribution in [0.25, 0.3) is 0 Å². The Bertz CT molecular complexity index is 260. The summed E-state index contributed by atoms with van der Waals surface area (Å²) in [6.07, 6.45) is 0. The maximum atomic E-state index is 10.7. The highest BCUT2D eigenvalue weighted by Gasteiger charge is 2.15. The van der Waals surface area contributed by atoms with Crippen molar-refractivity contribution in [2.24, 2.45) is 0 Å². The molecule has 0 aromatic heterocycles. The van der Waals surface area contributed by atoms with E-state index in [1.54, 1.807) is 6.07 Å². The van der Waals surface area contributed by atoms with Crippen LogP contribution < -0.4 is 8.91 Å². The van der Waals surface area contributed by atoms with E-state index in [2.05, 4.69) is 4.72 Å². The van der Waals surface area contributed by atoms with Crippen molar-refractivity contribution in [2.45, 2.75) is 0 Å². The van der Waals surface area contributed by atoms with Crippen molar-refractivity contribution < 1.29 is 8.39 Å². The molecule has 0 saturated heterocycles. The molecular formula is C6H5NO2S. The SMILES string of the molecule is O=S1Nc2ccccc2O1. The molecule has 1 aliphatic heterocycles. The number of rotatable bonds is 0. The lowest BCUT2D eigenvalue weighted by Crippen LogP contribution is -1.99. The molecule has 0 saturated carbocycles. The largest absolute Gasteiger partial charge is 0.383 e. The highest BCUT2D eigenvalue weighted by atomic mass is 32.2. The molecule has 0 radical (unpaired) electrons. The van der Waals surface area contributed by atoms with E-state index in [0.717, 1.165) is 5.69 Å². The molecule has 0 fully saturated rings. The molecule has 0 aliphatic carbocycles. The molecule has 1 aliphatic rings. The Kier molecular flexibility index (Phi) is 1.14. The Balaban J connectivity index is 2.51. The summed E-state index contributed by atoms with van der Waals surface area (Å²) in [5, 5.41) is 0. The van der Waals surface area contributed by atoms with E-state index in [0.29, 0.717) is 5.75 Å². The first kappa shape index (κ1) is 5.73. The van der Waals surface area contributed by atoms with Gasteiger partial charge in [-0.15, -0.1) is 0 Å². The second kappa shape index (κ2) is 1.98. The van der Waals surface area contributed by atoms with Crippen LogP contribution in [0.2, 0.25) is 0 Å². The molecule has 10 heavy (non-hydrogen) atoms. The summed E-state index contributed by atoms with van der Waals surface area (Å²) >= 11 is -1.37. The van der Waals surface area contributed by atoms with Crippen LogP contribution in [0.15, 0.2) is 24.3 Å². The third-order valence-corrected chi connectivity index (χ3v) is 1.96. The van der Waals surface area contributed by atoms with Crippen LogP contribution in [0.5, 0.6) is 5.75 Å². The van der Waals surface area contributed by atoms with Gasteiger partial charge in [-0.05, 0) is 12.1 Å². The number of fused-ring (bicyclic) bond motifs is 1. The normalized spacial score (nSPS) is 21.0. The summed E-state index contributed by atoms with van der Waals surface area (Å²) in [6, 6.07) is 7.29. The molecule has 4 heteroatoms. The minimum atomic E-state index is -1.37. The summed E-state index contributed by atoms with van der Waals surface area (Å²) in [7, 11) is 0. The Morgan fingerprint density at radius 1 is 1.40 bits per heavy atom. The van der Waals surface area contributed by atoms with E-state index in [9.17, 15) is 4.21 Å². The van der Waals surface area contributed by atoms with Gasteiger partial charge in [0, 0.05) is 0 Å². The van der Waals surface area contributed by atoms with Gasteiger partial charge in [0.15, 0.2) is 5.75 Å². The van der Waals surface area contributed by atoms with Gasteiger partial charge in [-0.25, -0.2) is 0 Å². The molecule has 52 valence electrons. The van der Waals surface area contributed by atoms with Crippen molar-refractivity contribution in [2.75, 3.05) is 4.72 Å². The summed E-state index contributed by atoms with van der Waals surface area (Å²) in [4.78, 5) is 0. The van der Waals surface area contributed by atoms with Gasteiger partial charge < -0.3 is 4.18 Å². The highest BCUT2D eigenvalue weighted by molar-refractivity contribution is 7.82. The van der Waals surface area contributed by atoms with Crippen LogP contribution in [0.4, 0.5) is 5.69 Å². The Morgan fingerprint density at radius 2 is 2.20 bits per heavy atom. The van der Waals surface area contributed by atoms with Gasteiger partial charge in [-0.3, -0.25) is 4.72 Å². The summed E-state index contributed by atoms with van der Waals surface area (Å²) in [5.74, 6) is 0.654. The Labute approximate surface area is 60.8 Å². The second-order valence-corrected chi connectivity index (χ2v) is 2.76. The minimum Gasteiger partial charge on any atom is -0.383 e. The Hall–Kier alpha value is -1.03.